The molecule has 0 saturated heterocycles. The molecule has 0 atom stereocenters. The summed E-state index contributed by atoms with van der Waals surface area (Å²) in [7, 11) is 1.66. The highest BCUT2D eigenvalue weighted by Gasteiger charge is 2.18. The van der Waals surface area contributed by atoms with Gasteiger partial charge in [-0.05, 0) is 11.8 Å². The molecular weight excluding hydrogens is 454 g/mol. The number of rotatable bonds is 10. The Hall–Kier alpha value is -2.41. The van der Waals surface area contributed by atoms with E-state index in [1.54, 1.807) is 18.9 Å². The minimum Gasteiger partial charge on any atom is -0.383 e. The smallest absolute Gasteiger partial charge is 0.236 e. The Morgan fingerprint density at radius 2 is 2.10 bits per heavy atom. The van der Waals surface area contributed by atoms with E-state index in [2.05, 4.69) is 30.7 Å². The third-order valence-electron chi connectivity index (χ3n) is 4.32. The summed E-state index contributed by atoms with van der Waals surface area (Å²) in [5.41, 5.74) is 2.00. The standard InChI is InChI=1S/C19H21N7O2S3/c1-3-29-19-25-23-17(31-19)21-15(27)11-30-18-24-22-16(26(18)8-9-28-2)13-10-20-14-7-5-4-6-12(13)14/h4-7,10,20H,3,8-9,11H2,1-2H3,(H,21,23,27). The van der Waals surface area contributed by atoms with Crippen molar-refractivity contribution < 1.29 is 9.53 Å². The maximum Gasteiger partial charge on any atom is 0.236 e. The molecule has 0 unspecified atom stereocenters. The van der Waals surface area contributed by atoms with Gasteiger partial charge in [-0.2, -0.15) is 0 Å². The summed E-state index contributed by atoms with van der Waals surface area (Å²) in [5.74, 6) is 1.68. The predicted molar refractivity (Wildman–Crippen MR) is 125 cm³/mol. The van der Waals surface area contributed by atoms with E-state index in [9.17, 15) is 4.79 Å². The predicted octanol–water partition coefficient (Wildman–Crippen LogP) is 3.77. The number of benzene rings is 1. The molecule has 31 heavy (non-hydrogen) atoms. The van der Waals surface area contributed by atoms with Crippen molar-refractivity contribution in [2.45, 2.75) is 23.0 Å². The normalized spacial score (nSPS) is 11.3. The van der Waals surface area contributed by atoms with Gasteiger partial charge >= 0.3 is 0 Å². The second-order valence-electron chi connectivity index (χ2n) is 6.34. The number of methoxy groups -OCH3 is 1. The van der Waals surface area contributed by atoms with Crippen molar-refractivity contribution in [2.24, 2.45) is 0 Å². The molecule has 4 aromatic rings. The second-order valence-corrected chi connectivity index (χ2v) is 9.77. The van der Waals surface area contributed by atoms with Crippen molar-refractivity contribution in [3.8, 4) is 11.4 Å². The highest BCUT2D eigenvalue weighted by Crippen LogP contribution is 2.30. The van der Waals surface area contributed by atoms with E-state index in [0.29, 0.717) is 23.4 Å². The molecule has 1 amide bonds. The third-order valence-corrected chi connectivity index (χ3v) is 7.14. The van der Waals surface area contributed by atoms with Gasteiger partial charge in [0.25, 0.3) is 0 Å². The van der Waals surface area contributed by atoms with Crippen molar-refractivity contribution in [3.63, 3.8) is 0 Å². The molecule has 0 aliphatic carbocycles. The number of aromatic amines is 1. The molecule has 0 spiro atoms. The Kier molecular flexibility index (Phi) is 7.22. The van der Waals surface area contributed by atoms with Crippen LogP contribution in [0.15, 0.2) is 40.0 Å². The van der Waals surface area contributed by atoms with Crippen LogP contribution in [0, 0.1) is 0 Å². The lowest BCUT2D eigenvalue weighted by atomic mass is 10.1. The molecule has 0 aliphatic rings. The van der Waals surface area contributed by atoms with E-state index in [-0.39, 0.29) is 11.7 Å². The van der Waals surface area contributed by atoms with Gasteiger partial charge in [0.1, 0.15) is 0 Å². The zero-order chi connectivity index (χ0) is 21.6. The summed E-state index contributed by atoms with van der Waals surface area (Å²) in [6.07, 6.45) is 1.93. The van der Waals surface area contributed by atoms with E-state index in [0.717, 1.165) is 32.4 Å². The fourth-order valence-electron chi connectivity index (χ4n) is 2.96. The Labute approximate surface area is 191 Å². The second kappa shape index (κ2) is 10.3. The summed E-state index contributed by atoms with van der Waals surface area (Å²) >= 11 is 4.30. The molecule has 12 heteroatoms. The molecule has 0 fully saturated rings. The van der Waals surface area contributed by atoms with E-state index >= 15 is 0 Å². The van der Waals surface area contributed by atoms with Gasteiger partial charge in [-0.3, -0.25) is 14.7 Å². The number of anilines is 1. The number of aromatic nitrogens is 6. The first-order valence-electron chi connectivity index (χ1n) is 9.57. The maximum atomic E-state index is 12.4. The van der Waals surface area contributed by atoms with Crippen LogP contribution in [0.1, 0.15) is 6.92 Å². The number of ether oxygens (including phenoxy) is 1. The van der Waals surface area contributed by atoms with Crippen molar-refractivity contribution in [2.75, 3.05) is 30.5 Å². The molecule has 0 aliphatic heterocycles. The zero-order valence-electron chi connectivity index (χ0n) is 17.0. The number of hydrogen-bond acceptors (Lipinski definition) is 9. The van der Waals surface area contributed by atoms with Crippen LogP contribution in [0.5, 0.6) is 0 Å². The SMILES string of the molecule is CCSc1nnc(NC(=O)CSc2nnc(-c3c[nH]c4ccccc34)n2CCOC)s1. The van der Waals surface area contributed by atoms with Gasteiger partial charge < -0.3 is 9.72 Å². The molecule has 2 N–H and O–H groups in total. The molecule has 0 saturated carbocycles. The Morgan fingerprint density at radius 3 is 2.94 bits per heavy atom. The first-order chi connectivity index (χ1) is 15.2. The first-order valence-corrected chi connectivity index (χ1v) is 12.4. The first kappa shape index (κ1) is 21.8. The lowest BCUT2D eigenvalue weighted by Gasteiger charge is -2.09. The monoisotopic (exact) mass is 475 g/mol. The van der Waals surface area contributed by atoms with Crippen LogP contribution in [0.4, 0.5) is 5.13 Å². The number of hydrogen-bond donors (Lipinski definition) is 2. The molecule has 4 rings (SSSR count). The van der Waals surface area contributed by atoms with Crippen molar-refractivity contribution in [1.29, 1.82) is 0 Å². The Bertz CT molecular complexity index is 1170. The average molecular weight is 476 g/mol. The number of thioether (sulfide) groups is 2. The highest BCUT2D eigenvalue weighted by atomic mass is 32.2. The Balaban J connectivity index is 1.49. The van der Waals surface area contributed by atoms with Gasteiger partial charge in [0, 0.05) is 29.8 Å². The minimum atomic E-state index is -0.163. The highest BCUT2D eigenvalue weighted by molar-refractivity contribution is 8.01. The summed E-state index contributed by atoms with van der Waals surface area (Å²) in [5, 5.41) is 21.8. The molecule has 3 heterocycles. The van der Waals surface area contributed by atoms with E-state index in [1.807, 2.05) is 42.0 Å². The third kappa shape index (κ3) is 5.09. The van der Waals surface area contributed by atoms with Gasteiger partial charge in [-0.1, -0.05) is 60.0 Å². The quantitative estimate of drug-likeness (QED) is 0.263. The fraction of sp³-hybridized carbons (Fsp3) is 0.316. The summed E-state index contributed by atoms with van der Waals surface area (Å²) in [4.78, 5) is 15.7. The summed E-state index contributed by atoms with van der Waals surface area (Å²) < 4.78 is 8.09. The number of H-pyrrole nitrogens is 1. The van der Waals surface area contributed by atoms with Crippen LogP contribution in [-0.2, 0) is 16.1 Å². The van der Waals surface area contributed by atoms with Crippen LogP contribution in [-0.4, -0.2) is 61.1 Å². The fourth-order valence-corrected chi connectivity index (χ4v) is 5.39. The molecule has 9 nitrogen and oxygen atoms in total. The van der Waals surface area contributed by atoms with Crippen molar-refractivity contribution in [1.82, 2.24) is 29.9 Å². The topological polar surface area (TPSA) is 111 Å². The number of carbonyl (C=O) groups excluding carboxylic acids is 1. The molecule has 0 radical (unpaired) electrons. The number of carbonyl (C=O) groups is 1. The lowest BCUT2D eigenvalue weighted by Crippen LogP contribution is -2.15. The van der Waals surface area contributed by atoms with Gasteiger partial charge in [0.2, 0.25) is 11.0 Å². The minimum absolute atomic E-state index is 0.163. The molecule has 1 aromatic carbocycles. The van der Waals surface area contributed by atoms with Gasteiger partial charge in [-0.15, -0.1) is 20.4 Å². The summed E-state index contributed by atoms with van der Waals surface area (Å²) in [6.45, 7) is 3.14. The molecular formula is C19H21N7O2S3. The van der Waals surface area contributed by atoms with Gasteiger partial charge in [0.05, 0.1) is 18.9 Å². The number of para-hydroxylation sites is 1. The number of nitrogens with one attached hydrogen (secondary N) is 2. The number of amides is 1. The number of fused-ring (bicyclic) bond motifs is 1. The zero-order valence-corrected chi connectivity index (χ0v) is 19.4. The van der Waals surface area contributed by atoms with Crippen molar-refractivity contribution in [3.05, 3.63) is 30.5 Å². The molecule has 0 bridgehead atoms. The van der Waals surface area contributed by atoms with Crippen LogP contribution in [0.2, 0.25) is 0 Å². The average Bonchev–Trinajstić information content (AvgIpc) is 3.49. The van der Waals surface area contributed by atoms with E-state index in [1.165, 1.54) is 23.1 Å². The number of nitrogens with zero attached hydrogens (tertiary/aromatic N) is 5. The largest absolute Gasteiger partial charge is 0.383 e. The Morgan fingerprint density at radius 1 is 1.23 bits per heavy atom. The van der Waals surface area contributed by atoms with Crippen molar-refractivity contribution >= 4 is 56.8 Å². The van der Waals surface area contributed by atoms with Crippen LogP contribution < -0.4 is 5.32 Å². The van der Waals surface area contributed by atoms with Gasteiger partial charge in [-0.25, -0.2) is 0 Å². The molecule has 3 aromatic heterocycles. The molecule has 162 valence electrons. The van der Waals surface area contributed by atoms with Crippen LogP contribution >= 0.6 is 34.9 Å². The maximum absolute atomic E-state index is 12.4. The van der Waals surface area contributed by atoms with Crippen LogP contribution in [0.3, 0.4) is 0 Å². The van der Waals surface area contributed by atoms with E-state index in [4.69, 9.17) is 4.74 Å². The lowest BCUT2D eigenvalue weighted by molar-refractivity contribution is -0.113. The van der Waals surface area contributed by atoms with Crippen LogP contribution in [0.25, 0.3) is 22.3 Å². The van der Waals surface area contributed by atoms with Gasteiger partial charge in [0.15, 0.2) is 15.3 Å². The summed E-state index contributed by atoms with van der Waals surface area (Å²) in [6, 6.07) is 8.05. The van der Waals surface area contributed by atoms with E-state index < -0.39 is 0 Å².